The van der Waals surface area contributed by atoms with Gasteiger partial charge >= 0.3 is 14.2 Å². The highest BCUT2D eigenvalue weighted by Crippen LogP contribution is 2.41. The summed E-state index contributed by atoms with van der Waals surface area (Å²) in [4.78, 5) is 10.1. The molecule has 4 aliphatic rings. The van der Waals surface area contributed by atoms with Crippen LogP contribution in [0.15, 0.2) is 24.3 Å². The minimum Gasteiger partial charge on any atom is -0.486 e. The minimum absolute atomic E-state index is 0.309. The van der Waals surface area contributed by atoms with Crippen molar-refractivity contribution < 1.29 is 43.2 Å². The van der Waals surface area contributed by atoms with Crippen LogP contribution in [0.25, 0.3) is 0 Å². The lowest BCUT2D eigenvalue weighted by Gasteiger charge is -2.22. The van der Waals surface area contributed by atoms with Crippen LogP contribution in [0.3, 0.4) is 0 Å². The van der Waals surface area contributed by atoms with Crippen LogP contribution in [0.4, 0.5) is 0 Å². The number of nitrogens with two attached hydrogens (primary N) is 1. The Balaban J connectivity index is 0.000000142. The van der Waals surface area contributed by atoms with Crippen LogP contribution in [0.5, 0.6) is 23.0 Å². The van der Waals surface area contributed by atoms with Gasteiger partial charge in [-0.2, -0.15) is 0 Å². The van der Waals surface area contributed by atoms with Gasteiger partial charge in [0, 0.05) is 22.6 Å². The van der Waals surface area contributed by atoms with Gasteiger partial charge in [0.15, 0.2) is 23.0 Å². The van der Waals surface area contributed by atoms with Crippen LogP contribution in [0.1, 0.15) is 23.3 Å². The number of nitro groups is 1. The van der Waals surface area contributed by atoms with Crippen LogP contribution < -0.4 is 35.6 Å². The van der Waals surface area contributed by atoms with Crippen LogP contribution in [-0.2, 0) is 9.31 Å². The zero-order valence-corrected chi connectivity index (χ0v) is 18.0. The Morgan fingerprint density at radius 2 is 1.32 bits per heavy atom. The molecule has 0 saturated carbocycles. The summed E-state index contributed by atoms with van der Waals surface area (Å²) in [5.41, 5.74) is 8.19. The molecule has 0 aliphatic carbocycles. The van der Waals surface area contributed by atoms with E-state index in [0.29, 0.717) is 67.0 Å². The molecule has 4 heterocycles. The molecule has 4 aliphatic heterocycles. The first-order chi connectivity index (χ1) is 16.5. The first-order valence-electron chi connectivity index (χ1n) is 10.8. The van der Waals surface area contributed by atoms with Crippen LogP contribution in [-0.4, -0.2) is 68.7 Å². The number of benzene rings is 2. The molecule has 2 atom stereocenters. The lowest BCUT2D eigenvalue weighted by Crippen LogP contribution is -2.29. The van der Waals surface area contributed by atoms with E-state index < -0.39 is 31.8 Å². The average Bonchev–Trinajstić information content (AvgIpc) is 3.35. The number of fused-ring (bicyclic) bond motifs is 6. The molecule has 0 radical (unpaired) electrons. The van der Waals surface area contributed by atoms with Gasteiger partial charge in [-0.3, -0.25) is 10.1 Å². The van der Waals surface area contributed by atoms with E-state index in [2.05, 4.69) is 0 Å². The highest BCUT2D eigenvalue weighted by molar-refractivity contribution is 6.62. The van der Waals surface area contributed by atoms with E-state index in [-0.39, 0.29) is 6.10 Å². The number of ether oxygens (including phenoxy) is 4. The zero-order valence-electron chi connectivity index (χ0n) is 18.0. The third-order valence-corrected chi connectivity index (χ3v) is 5.85. The first kappa shape index (κ1) is 22.7. The third-order valence-electron chi connectivity index (χ3n) is 5.85. The van der Waals surface area contributed by atoms with E-state index in [9.17, 15) is 20.2 Å². The van der Waals surface area contributed by atoms with Gasteiger partial charge in [0.25, 0.3) is 0 Å². The molecule has 0 amide bonds. The Morgan fingerprint density at radius 3 is 1.82 bits per heavy atom. The molecule has 34 heavy (non-hydrogen) atoms. The lowest BCUT2D eigenvalue weighted by molar-refractivity contribution is -0.490. The molecule has 6 rings (SSSR count). The van der Waals surface area contributed by atoms with Crippen molar-refractivity contribution in [3.05, 3.63) is 45.5 Å². The molecule has 2 aromatic rings. The number of hydrogen-bond donors (Lipinski definition) is 3. The zero-order chi connectivity index (χ0) is 23.8. The second-order valence-electron chi connectivity index (χ2n) is 7.89. The number of nitrogens with zero attached hydrogens (tertiary/aromatic N) is 1. The van der Waals surface area contributed by atoms with E-state index in [4.69, 9.17) is 34.0 Å². The molecule has 0 fully saturated rings. The Bertz CT molecular complexity index is 1100. The first-order valence-corrected chi connectivity index (χ1v) is 10.8. The standard InChI is InChI=1S/C10H10BNO6.C10H12BNO4/c13-11-6-1-2-7-10(17-4-3-16-7)9(6)8(18-11)5-12(14)15;12-5-8-9-6(11(13)16-8)1-2-7-10(9)15-4-3-14-7/h1-2,8,13H,3-5H2;1-2,8,13H,3-5,12H2. The van der Waals surface area contributed by atoms with Crippen molar-refractivity contribution in [1.29, 1.82) is 0 Å². The molecule has 2 unspecified atom stereocenters. The van der Waals surface area contributed by atoms with E-state index in [0.717, 1.165) is 11.0 Å². The quantitative estimate of drug-likeness (QED) is 0.275. The van der Waals surface area contributed by atoms with Gasteiger partial charge in [0.1, 0.15) is 32.5 Å². The van der Waals surface area contributed by atoms with Crippen LogP contribution >= 0.6 is 0 Å². The normalized spacial score (nSPS) is 21.4. The van der Waals surface area contributed by atoms with Crippen molar-refractivity contribution in [2.45, 2.75) is 12.2 Å². The fourth-order valence-electron chi connectivity index (χ4n) is 4.44. The molecule has 0 saturated heterocycles. The van der Waals surface area contributed by atoms with Crippen molar-refractivity contribution in [3.8, 4) is 23.0 Å². The topological polar surface area (TPSA) is 165 Å². The maximum absolute atomic E-state index is 10.6. The molecule has 2 aromatic carbocycles. The summed E-state index contributed by atoms with van der Waals surface area (Å²) >= 11 is 0. The fourth-order valence-corrected chi connectivity index (χ4v) is 4.44. The number of hydrogen-bond acceptors (Lipinski definition) is 11. The van der Waals surface area contributed by atoms with Crippen molar-refractivity contribution in [3.63, 3.8) is 0 Å². The predicted octanol–water partition coefficient (Wildman–Crippen LogP) is -1.33. The highest BCUT2D eigenvalue weighted by Gasteiger charge is 2.42. The van der Waals surface area contributed by atoms with Crippen molar-refractivity contribution in [1.82, 2.24) is 0 Å². The van der Waals surface area contributed by atoms with Crippen molar-refractivity contribution in [2.75, 3.05) is 39.5 Å². The Hall–Kier alpha value is -3.03. The third kappa shape index (κ3) is 4.03. The Morgan fingerprint density at radius 1 is 0.853 bits per heavy atom. The summed E-state index contributed by atoms with van der Waals surface area (Å²) in [6.45, 7) is 1.77. The van der Waals surface area contributed by atoms with E-state index >= 15 is 0 Å². The molecular formula is C20H22B2N2O10. The molecule has 14 heteroatoms. The predicted molar refractivity (Wildman–Crippen MR) is 119 cm³/mol. The summed E-state index contributed by atoms with van der Waals surface area (Å²) < 4.78 is 32.5. The van der Waals surface area contributed by atoms with Gasteiger partial charge in [-0.05, 0) is 23.1 Å². The maximum atomic E-state index is 10.6. The van der Waals surface area contributed by atoms with Gasteiger partial charge in [-0.25, -0.2) is 0 Å². The van der Waals surface area contributed by atoms with E-state index in [1.54, 1.807) is 24.3 Å². The summed E-state index contributed by atoms with van der Waals surface area (Å²) in [6, 6.07) is 6.91. The van der Waals surface area contributed by atoms with Gasteiger partial charge in [0.2, 0.25) is 6.54 Å². The lowest BCUT2D eigenvalue weighted by atomic mass is 9.79. The molecule has 4 N–H and O–H groups in total. The second-order valence-corrected chi connectivity index (χ2v) is 7.89. The van der Waals surface area contributed by atoms with Crippen LogP contribution in [0.2, 0.25) is 0 Å². The van der Waals surface area contributed by atoms with Gasteiger partial charge in [0.05, 0.1) is 6.10 Å². The van der Waals surface area contributed by atoms with Crippen molar-refractivity contribution >= 4 is 25.2 Å². The highest BCUT2D eigenvalue weighted by atomic mass is 16.6. The molecule has 12 nitrogen and oxygen atoms in total. The Kier molecular flexibility index (Phi) is 6.23. The monoisotopic (exact) mass is 472 g/mol. The Labute approximate surface area is 194 Å². The summed E-state index contributed by atoms with van der Waals surface area (Å²) in [5.74, 6) is 2.34. The van der Waals surface area contributed by atoms with Gasteiger partial charge < -0.3 is 44.0 Å². The summed E-state index contributed by atoms with van der Waals surface area (Å²) in [7, 11) is -2.07. The molecule has 178 valence electrons. The summed E-state index contributed by atoms with van der Waals surface area (Å²) in [6.07, 6.45) is -1.12. The molecule has 0 spiro atoms. The van der Waals surface area contributed by atoms with Gasteiger partial charge in [-0.1, -0.05) is 12.1 Å². The van der Waals surface area contributed by atoms with E-state index in [1.165, 1.54) is 0 Å². The largest absolute Gasteiger partial charge is 0.492 e. The smallest absolute Gasteiger partial charge is 0.486 e. The second kappa shape index (κ2) is 9.31. The summed E-state index contributed by atoms with van der Waals surface area (Å²) in [5, 5.41) is 30.0. The van der Waals surface area contributed by atoms with E-state index in [1.807, 2.05) is 0 Å². The SMILES string of the molecule is NCC1OB(O)c2ccc3c(c21)OCCO3.O=[N+]([O-])CC1OB(O)c2ccc3c(c21)OCCO3. The minimum atomic E-state index is -1.15. The van der Waals surface area contributed by atoms with Crippen LogP contribution in [0, 0.1) is 10.1 Å². The number of rotatable bonds is 3. The van der Waals surface area contributed by atoms with Crippen molar-refractivity contribution in [2.24, 2.45) is 5.73 Å². The fraction of sp³-hybridized carbons (Fsp3) is 0.400. The maximum Gasteiger partial charge on any atom is 0.492 e. The average molecular weight is 472 g/mol. The van der Waals surface area contributed by atoms with Gasteiger partial charge in [-0.15, -0.1) is 0 Å². The molecule has 0 bridgehead atoms. The molecular weight excluding hydrogens is 450 g/mol. The molecule has 0 aromatic heterocycles.